The third-order valence-electron chi connectivity index (χ3n) is 3.46. The Morgan fingerprint density at radius 1 is 0.826 bits per heavy atom. The van der Waals surface area contributed by atoms with Gasteiger partial charge in [0.1, 0.15) is 5.49 Å². The van der Waals surface area contributed by atoms with Gasteiger partial charge >= 0.3 is 0 Å². The van der Waals surface area contributed by atoms with Gasteiger partial charge in [-0.25, -0.2) is 4.99 Å². The van der Waals surface area contributed by atoms with Gasteiger partial charge in [-0.15, -0.1) is 0 Å². The molecular weight excluding hydrogens is 280 g/mol. The standard InChI is InChI=1S/C21H26N2/c1-7-13-15-19-17(9-3)18(10-4)20(16-14-8-2)23(12-6)21(19)22-11-5/h7-16H,5-6H2,1-4H3/b13-7-,14-8-,17-9?,18-10-,19-15+,20-16+,22-21-. The Kier molecular flexibility index (Phi) is 7.55. The summed E-state index contributed by atoms with van der Waals surface area (Å²) >= 11 is 0. The van der Waals surface area contributed by atoms with Crippen LogP contribution in [0.2, 0.25) is 0 Å². The van der Waals surface area contributed by atoms with Crippen molar-refractivity contribution in [3.05, 3.63) is 70.2 Å². The van der Waals surface area contributed by atoms with E-state index in [1.165, 1.54) is 0 Å². The fourth-order valence-corrected chi connectivity index (χ4v) is 2.51. The number of allylic oxidation sites excluding steroid dienone is 4. The van der Waals surface area contributed by atoms with E-state index in [0.717, 1.165) is 26.5 Å². The molecule has 0 aliphatic heterocycles. The number of pyridine rings is 1. The number of aromatic nitrogens is 1. The van der Waals surface area contributed by atoms with Crippen LogP contribution >= 0.6 is 0 Å². The maximum absolute atomic E-state index is 4.50. The molecule has 120 valence electrons. The Labute approximate surface area is 138 Å². The molecule has 0 aromatic carbocycles. The summed E-state index contributed by atoms with van der Waals surface area (Å²) in [5.74, 6) is 0. The number of hydrogen-bond acceptors (Lipinski definition) is 1. The molecule has 0 saturated carbocycles. The highest BCUT2D eigenvalue weighted by Gasteiger charge is 2.00. The lowest BCUT2D eigenvalue weighted by Crippen LogP contribution is -2.61. The molecule has 0 atom stereocenters. The van der Waals surface area contributed by atoms with Crippen molar-refractivity contribution >= 4 is 30.5 Å². The van der Waals surface area contributed by atoms with Crippen LogP contribution in [0.4, 0.5) is 0 Å². The molecule has 0 saturated heterocycles. The minimum Gasteiger partial charge on any atom is -0.301 e. The van der Waals surface area contributed by atoms with Gasteiger partial charge < -0.3 is 4.57 Å². The fourth-order valence-electron chi connectivity index (χ4n) is 2.51. The van der Waals surface area contributed by atoms with Crippen LogP contribution in [0.3, 0.4) is 0 Å². The van der Waals surface area contributed by atoms with E-state index >= 15 is 0 Å². The monoisotopic (exact) mass is 306 g/mol. The van der Waals surface area contributed by atoms with E-state index in [1.807, 2.05) is 56.6 Å². The summed E-state index contributed by atoms with van der Waals surface area (Å²) < 4.78 is 2.00. The number of nitrogens with zero attached hydrogens (tertiary/aromatic N) is 2. The highest BCUT2D eigenvalue weighted by molar-refractivity contribution is 5.45. The SMILES string of the molecule is C=C/N=c1/c(=C/C=C\C)c(=CC)c(=C/C)/c(=C\C=C/C)n1C=C. The topological polar surface area (TPSA) is 17.3 Å². The van der Waals surface area contributed by atoms with Crippen LogP contribution in [0.25, 0.3) is 30.5 Å². The summed E-state index contributed by atoms with van der Waals surface area (Å²) in [6, 6.07) is 0. The zero-order valence-corrected chi connectivity index (χ0v) is 14.6. The van der Waals surface area contributed by atoms with Crippen molar-refractivity contribution in [3.8, 4) is 0 Å². The Hall–Kier alpha value is -2.61. The van der Waals surface area contributed by atoms with Crippen LogP contribution < -0.4 is 26.5 Å². The lowest BCUT2D eigenvalue weighted by Gasteiger charge is -2.06. The lowest BCUT2D eigenvalue weighted by atomic mass is 10.1. The van der Waals surface area contributed by atoms with Crippen molar-refractivity contribution in [2.24, 2.45) is 4.99 Å². The molecule has 2 nitrogen and oxygen atoms in total. The average molecular weight is 306 g/mol. The molecule has 1 aromatic rings. The molecule has 0 aliphatic rings. The molecule has 0 unspecified atom stereocenters. The quantitative estimate of drug-likeness (QED) is 0.809. The molecule has 0 amide bonds. The van der Waals surface area contributed by atoms with Crippen LogP contribution in [-0.2, 0) is 0 Å². The highest BCUT2D eigenvalue weighted by Crippen LogP contribution is 1.75. The van der Waals surface area contributed by atoms with E-state index in [9.17, 15) is 0 Å². The van der Waals surface area contributed by atoms with Crippen LogP contribution in [0.15, 0.2) is 48.7 Å². The summed E-state index contributed by atoms with van der Waals surface area (Å²) in [4.78, 5) is 4.50. The molecule has 23 heavy (non-hydrogen) atoms. The van der Waals surface area contributed by atoms with Crippen molar-refractivity contribution in [2.75, 3.05) is 0 Å². The predicted molar refractivity (Wildman–Crippen MR) is 104 cm³/mol. The minimum atomic E-state index is 0.822. The second-order valence-corrected chi connectivity index (χ2v) is 4.78. The number of rotatable bonds is 4. The van der Waals surface area contributed by atoms with Crippen molar-refractivity contribution in [1.82, 2.24) is 4.57 Å². The Morgan fingerprint density at radius 3 is 1.91 bits per heavy atom. The van der Waals surface area contributed by atoms with Gasteiger partial charge in [0, 0.05) is 22.8 Å². The second-order valence-electron chi connectivity index (χ2n) is 4.78. The molecule has 2 heteroatoms. The normalized spacial score (nSPS) is 16.3. The summed E-state index contributed by atoms with van der Waals surface area (Å²) in [6.07, 6.45) is 19.8. The Morgan fingerprint density at radius 2 is 1.43 bits per heavy atom. The molecule has 1 heterocycles. The summed E-state index contributed by atoms with van der Waals surface area (Å²) in [5.41, 5.74) is 0.822. The van der Waals surface area contributed by atoms with E-state index in [1.54, 1.807) is 12.4 Å². The minimum absolute atomic E-state index is 0.822. The van der Waals surface area contributed by atoms with E-state index in [2.05, 4.69) is 42.5 Å². The Bertz CT molecular complexity index is 934. The largest absolute Gasteiger partial charge is 0.301 e. The van der Waals surface area contributed by atoms with E-state index in [4.69, 9.17) is 0 Å². The first kappa shape index (κ1) is 18.4. The summed E-state index contributed by atoms with van der Waals surface area (Å²) in [6.45, 7) is 15.8. The molecule has 0 radical (unpaired) electrons. The maximum atomic E-state index is 4.50. The van der Waals surface area contributed by atoms with Crippen LogP contribution in [-0.4, -0.2) is 4.57 Å². The smallest absolute Gasteiger partial charge is 0.144 e. The van der Waals surface area contributed by atoms with Gasteiger partial charge in [-0.2, -0.15) is 0 Å². The molecule has 0 N–H and O–H groups in total. The van der Waals surface area contributed by atoms with Crippen LogP contribution in [0.5, 0.6) is 0 Å². The maximum Gasteiger partial charge on any atom is 0.144 e. The molecule has 0 aliphatic carbocycles. The van der Waals surface area contributed by atoms with Gasteiger partial charge in [-0.3, -0.25) is 0 Å². The van der Waals surface area contributed by atoms with Gasteiger partial charge in [0.25, 0.3) is 0 Å². The van der Waals surface area contributed by atoms with Gasteiger partial charge in [0.05, 0.1) is 5.35 Å². The number of hydrogen-bond donors (Lipinski definition) is 0. The molecule has 0 spiro atoms. The molecule has 1 rings (SSSR count). The molecule has 0 fully saturated rings. The summed E-state index contributed by atoms with van der Waals surface area (Å²) in [5, 5.41) is 4.41. The van der Waals surface area contributed by atoms with E-state index < -0.39 is 0 Å². The highest BCUT2D eigenvalue weighted by atomic mass is 15.0. The first-order valence-corrected chi connectivity index (χ1v) is 7.80. The zero-order valence-electron chi connectivity index (χ0n) is 14.6. The fraction of sp³-hybridized carbons (Fsp3) is 0.190. The van der Waals surface area contributed by atoms with E-state index in [0.29, 0.717) is 0 Å². The van der Waals surface area contributed by atoms with Crippen molar-refractivity contribution in [3.63, 3.8) is 0 Å². The molecule has 1 aromatic heterocycles. The second kappa shape index (κ2) is 9.42. The molecule has 0 bridgehead atoms. The average Bonchev–Trinajstić information content (AvgIpc) is 2.57. The van der Waals surface area contributed by atoms with Gasteiger partial charge in [-0.05, 0) is 39.0 Å². The Balaban J connectivity index is 4.52. The first-order chi connectivity index (χ1) is 11.2. The zero-order chi connectivity index (χ0) is 17.2. The predicted octanol–water partition coefficient (Wildman–Crippen LogP) is 1.95. The van der Waals surface area contributed by atoms with Crippen molar-refractivity contribution in [2.45, 2.75) is 27.7 Å². The first-order valence-electron chi connectivity index (χ1n) is 7.80. The van der Waals surface area contributed by atoms with Crippen LogP contribution in [0.1, 0.15) is 27.7 Å². The van der Waals surface area contributed by atoms with Gasteiger partial charge in [-0.1, -0.05) is 55.7 Å². The third-order valence-corrected chi connectivity index (χ3v) is 3.46. The molecular formula is C21H26N2. The summed E-state index contributed by atoms with van der Waals surface area (Å²) in [7, 11) is 0. The van der Waals surface area contributed by atoms with Gasteiger partial charge in [0.15, 0.2) is 0 Å². The van der Waals surface area contributed by atoms with Crippen molar-refractivity contribution < 1.29 is 0 Å². The van der Waals surface area contributed by atoms with Crippen molar-refractivity contribution in [1.29, 1.82) is 0 Å². The van der Waals surface area contributed by atoms with E-state index in [-0.39, 0.29) is 0 Å². The van der Waals surface area contributed by atoms with Gasteiger partial charge in [0.2, 0.25) is 0 Å². The third kappa shape index (κ3) is 3.98. The lowest BCUT2D eigenvalue weighted by molar-refractivity contribution is 0.930. The van der Waals surface area contributed by atoms with Crippen LogP contribution in [0, 0.1) is 0 Å².